The Hall–Kier alpha value is -1.92. The molecule has 1 heterocycles. The fraction of sp³-hybridized carbons (Fsp3) is 0.214. The van der Waals surface area contributed by atoms with Gasteiger partial charge in [0.05, 0.1) is 6.61 Å². The molecule has 7 heteroatoms. The van der Waals surface area contributed by atoms with E-state index in [1.807, 2.05) is 6.92 Å². The Morgan fingerprint density at radius 2 is 1.95 bits per heavy atom. The molecule has 0 atom stereocenters. The van der Waals surface area contributed by atoms with Gasteiger partial charge in [0.2, 0.25) is 0 Å². The average Bonchev–Trinajstić information content (AvgIpc) is 2.42. The van der Waals surface area contributed by atoms with Gasteiger partial charge in [0.15, 0.2) is 5.11 Å². The largest absolute Gasteiger partial charge is 0.493 e. The van der Waals surface area contributed by atoms with Gasteiger partial charge in [0.25, 0.3) is 11.8 Å². The number of hydrogen-bond acceptors (Lipinski definition) is 4. The highest BCUT2D eigenvalue weighted by Crippen LogP contribution is 2.26. The third-order valence-corrected chi connectivity index (χ3v) is 3.12. The molecule has 2 amide bonds. The first-order valence-electron chi connectivity index (χ1n) is 6.32. The molecule has 1 aliphatic heterocycles. The molecule has 21 heavy (non-hydrogen) atoms. The molecule has 1 aliphatic rings. The maximum atomic E-state index is 11.8. The summed E-state index contributed by atoms with van der Waals surface area (Å²) >= 11 is 10.7. The van der Waals surface area contributed by atoms with Crippen LogP contribution >= 0.6 is 23.8 Å². The summed E-state index contributed by atoms with van der Waals surface area (Å²) in [4.78, 5) is 23.7. The summed E-state index contributed by atoms with van der Waals surface area (Å²) in [5, 5.41) is 5.23. The summed E-state index contributed by atoms with van der Waals surface area (Å²) < 4.78 is 5.58. The maximum absolute atomic E-state index is 11.8. The molecule has 1 saturated heterocycles. The number of amides is 2. The van der Waals surface area contributed by atoms with Gasteiger partial charge in [-0.25, -0.2) is 0 Å². The highest BCUT2D eigenvalue weighted by molar-refractivity contribution is 7.80. The summed E-state index contributed by atoms with van der Waals surface area (Å²) in [5.41, 5.74) is 0.510. The molecular weight excluding hydrogens is 312 g/mol. The van der Waals surface area contributed by atoms with Crippen LogP contribution in [0.2, 0.25) is 5.02 Å². The fourth-order valence-electron chi connectivity index (χ4n) is 1.74. The quantitative estimate of drug-likeness (QED) is 0.505. The molecule has 2 N–H and O–H groups in total. The zero-order chi connectivity index (χ0) is 15.4. The van der Waals surface area contributed by atoms with Crippen molar-refractivity contribution in [2.24, 2.45) is 0 Å². The van der Waals surface area contributed by atoms with Crippen molar-refractivity contribution in [1.82, 2.24) is 10.6 Å². The van der Waals surface area contributed by atoms with Crippen LogP contribution in [-0.2, 0) is 9.59 Å². The molecule has 0 aromatic heterocycles. The van der Waals surface area contributed by atoms with Crippen LogP contribution in [-0.4, -0.2) is 23.5 Å². The summed E-state index contributed by atoms with van der Waals surface area (Å²) in [6.45, 7) is 2.51. The number of rotatable bonds is 4. The highest BCUT2D eigenvalue weighted by Gasteiger charge is 2.26. The smallest absolute Gasteiger partial charge is 0.263 e. The molecule has 1 aromatic carbocycles. The van der Waals surface area contributed by atoms with E-state index < -0.39 is 11.8 Å². The molecule has 0 bridgehead atoms. The van der Waals surface area contributed by atoms with E-state index in [1.54, 1.807) is 18.2 Å². The van der Waals surface area contributed by atoms with E-state index in [9.17, 15) is 9.59 Å². The number of thiocarbonyl (C=S) groups is 1. The lowest BCUT2D eigenvalue weighted by molar-refractivity contribution is -0.123. The summed E-state index contributed by atoms with van der Waals surface area (Å²) in [7, 11) is 0. The maximum Gasteiger partial charge on any atom is 0.263 e. The monoisotopic (exact) mass is 324 g/mol. The van der Waals surface area contributed by atoms with Crippen LogP contribution in [0.15, 0.2) is 23.8 Å². The van der Waals surface area contributed by atoms with E-state index >= 15 is 0 Å². The van der Waals surface area contributed by atoms with Gasteiger partial charge in [0, 0.05) is 10.6 Å². The van der Waals surface area contributed by atoms with Crippen molar-refractivity contribution in [3.05, 3.63) is 34.4 Å². The molecule has 0 spiro atoms. The van der Waals surface area contributed by atoms with Gasteiger partial charge in [-0.1, -0.05) is 18.5 Å². The van der Waals surface area contributed by atoms with Crippen LogP contribution in [0.25, 0.3) is 6.08 Å². The molecule has 2 rings (SSSR count). The molecule has 110 valence electrons. The molecule has 0 aliphatic carbocycles. The lowest BCUT2D eigenvalue weighted by atomic mass is 10.1. The Bertz CT molecular complexity index is 621. The van der Waals surface area contributed by atoms with Crippen LogP contribution < -0.4 is 15.4 Å². The number of hydrogen-bond donors (Lipinski definition) is 2. The second-order valence-electron chi connectivity index (χ2n) is 4.33. The molecule has 0 unspecified atom stereocenters. The van der Waals surface area contributed by atoms with E-state index in [0.717, 1.165) is 6.42 Å². The van der Waals surface area contributed by atoms with Crippen LogP contribution in [0.3, 0.4) is 0 Å². The van der Waals surface area contributed by atoms with Gasteiger partial charge >= 0.3 is 0 Å². The zero-order valence-electron chi connectivity index (χ0n) is 11.2. The van der Waals surface area contributed by atoms with Crippen molar-refractivity contribution in [2.75, 3.05) is 6.61 Å². The Morgan fingerprint density at radius 1 is 1.29 bits per heavy atom. The first-order chi connectivity index (χ1) is 10.0. The first kappa shape index (κ1) is 15.5. The predicted octanol–water partition coefficient (Wildman–Crippen LogP) is 2.04. The standard InChI is InChI=1S/C14H13ClN2O3S/c1-2-5-20-11-4-3-9(15)6-8(11)7-10-12(18)16-14(21)17-13(10)19/h3-4,6-7H,2,5H2,1H3,(H2,16,17,18,19,21). The van der Waals surface area contributed by atoms with Crippen molar-refractivity contribution in [3.8, 4) is 5.75 Å². The first-order valence-corrected chi connectivity index (χ1v) is 7.10. The summed E-state index contributed by atoms with van der Waals surface area (Å²) in [6, 6.07) is 5.02. The van der Waals surface area contributed by atoms with Crippen LogP contribution in [0, 0.1) is 0 Å². The molecule has 5 nitrogen and oxygen atoms in total. The molecule has 1 aromatic rings. The van der Waals surface area contributed by atoms with Gasteiger partial charge in [-0.3, -0.25) is 20.2 Å². The van der Waals surface area contributed by atoms with Gasteiger partial charge < -0.3 is 4.74 Å². The van der Waals surface area contributed by atoms with Crippen molar-refractivity contribution < 1.29 is 14.3 Å². The molecule has 0 saturated carbocycles. The van der Waals surface area contributed by atoms with Crippen molar-refractivity contribution in [2.45, 2.75) is 13.3 Å². The SMILES string of the molecule is CCCOc1ccc(Cl)cc1C=C1C(=O)NC(=S)NC1=O. The molecule has 1 fully saturated rings. The van der Waals surface area contributed by atoms with Crippen LogP contribution in [0.5, 0.6) is 5.75 Å². The second kappa shape index (κ2) is 6.69. The number of carbonyl (C=O) groups is 2. The number of carbonyl (C=O) groups excluding carboxylic acids is 2. The Labute approximate surface area is 132 Å². The Kier molecular flexibility index (Phi) is 4.93. The zero-order valence-corrected chi connectivity index (χ0v) is 12.8. The number of halogens is 1. The average molecular weight is 325 g/mol. The van der Waals surface area contributed by atoms with Crippen molar-refractivity contribution in [1.29, 1.82) is 0 Å². The van der Waals surface area contributed by atoms with Gasteiger partial charge in [-0.2, -0.15) is 0 Å². The van der Waals surface area contributed by atoms with Gasteiger partial charge in [0.1, 0.15) is 11.3 Å². The van der Waals surface area contributed by atoms with Crippen molar-refractivity contribution in [3.63, 3.8) is 0 Å². The Morgan fingerprint density at radius 3 is 2.57 bits per heavy atom. The minimum atomic E-state index is -0.551. The van der Waals surface area contributed by atoms with Crippen LogP contribution in [0.4, 0.5) is 0 Å². The van der Waals surface area contributed by atoms with E-state index in [1.165, 1.54) is 6.08 Å². The van der Waals surface area contributed by atoms with Gasteiger partial charge in [-0.15, -0.1) is 0 Å². The van der Waals surface area contributed by atoms with Crippen LogP contribution in [0.1, 0.15) is 18.9 Å². The van der Waals surface area contributed by atoms with E-state index in [0.29, 0.717) is 22.9 Å². The summed E-state index contributed by atoms with van der Waals surface area (Å²) in [5.74, 6) is -0.544. The lowest BCUT2D eigenvalue weighted by Gasteiger charge is -2.17. The molecule has 0 radical (unpaired) electrons. The van der Waals surface area contributed by atoms with E-state index in [4.69, 9.17) is 28.6 Å². The topological polar surface area (TPSA) is 67.4 Å². The third-order valence-electron chi connectivity index (χ3n) is 2.68. The van der Waals surface area contributed by atoms with E-state index in [2.05, 4.69) is 10.6 Å². The normalized spacial score (nSPS) is 14.6. The molecular formula is C14H13ClN2O3S. The number of nitrogens with one attached hydrogen (secondary N) is 2. The predicted molar refractivity (Wildman–Crippen MR) is 84.1 cm³/mol. The fourth-order valence-corrected chi connectivity index (χ4v) is 2.10. The minimum absolute atomic E-state index is 0.00398. The Balaban J connectivity index is 2.38. The lowest BCUT2D eigenvalue weighted by Crippen LogP contribution is -2.51. The second-order valence-corrected chi connectivity index (χ2v) is 5.17. The minimum Gasteiger partial charge on any atom is -0.493 e. The summed E-state index contributed by atoms with van der Waals surface area (Å²) in [6.07, 6.45) is 2.27. The number of benzene rings is 1. The van der Waals surface area contributed by atoms with Gasteiger partial charge in [-0.05, 0) is 42.9 Å². The van der Waals surface area contributed by atoms with Crippen molar-refractivity contribution >= 4 is 46.8 Å². The highest BCUT2D eigenvalue weighted by atomic mass is 35.5. The third kappa shape index (κ3) is 3.80. The van der Waals surface area contributed by atoms with E-state index in [-0.39, 0.29) is 10.7 Å². The number of ether oxygens (including phenoxy) is 1.